The first-order valence-electron chi connectivity index (χ1n) is 6.47. The molecule has 102 valence electrons. The highest BCUT2D eigenvalue weighted by molar-refractivity contribution is 6.19. The molecule has 0 radical (unpaired) electrons. The summed E-state index contributed by atoms with van der Waals surface area (Å²) in [4.78, 5) is 11.9. The predicted octanol–water partition coefficient (Wildman–Crippen LogP) is 4.40. The van der Waals surface area contributed by atoms with E-state index in [1.807, 2.05) is 42.5 Å². The van der Waals surface area contributed by atoms with Gasteiger partial charge in [-0.25, -0.2) is 0 Å². The number of furan rings is 1. The summed E-state index contributed by atoms with van der Waals surface area (Å²) in [5.74, 6) is 0.0171. The molecule has 0 aliphatic rings. The van der Waals surface area contributed by atoms with Gasteiger partial charge in [-0.1, -0.05) is 25.1 Å². The summed E-state index contributed by atoms with van der Waals surface area (Å²) in [5, 5.41) is 4.92. The summed E-state index contributed by atoms with van der Waals surface area (Å²) in [5.41, 5.74) is 2.42. The maximum Gasteiger partial charge on any atom is 0.228 e. The Balaban J connectivity index is 2.01. The third-order valence-corrected chi connectivity index (χ3v) is 3.79. The van der Waals surface area contributed by atoms with Crippen molar-refractivity contribution in [1.29, 1.82) is 0 Å². The highest BCUT2D eigenvalue weighted by Gasteiger charge is 2.13. The van der Waals surface area contributed by atoms with Crippen LogP contribution >= 0.6 is 11.6 Å². The number of para-hydroxylation sites is 1. The molecule has 2 aromatic carbocycles. The van der Waals surface area contributed by atoms with Gasteiger partial charge in [0.05, 0.1) is 0 Å². The first-order valence-corrected chi connectivity index (χ1v) is 7.00. The largest absolute Gasteiger partial charge is 0.456 e. The Hall–Kier alpha value is -2.00. The number of carbonyl (C=O) groups excluding carboxylic acids is 1. The summed E-state index contributed by atoms with van der Waals surface area (Å²) >= 11 is 5.69. The van der Waals surface area contributed by atoms with E-state index >= 15 is 0 Å². The van der Waals surface area contributed by atoms with Gasteiger partial charge in [-0.2, -0.15) is 0 Å². The van der Waals surface area contributed by atoms with Gasteiger partial charge < -0.3 is 9.73 Å². The first kappa shape index (κ1) is 13.0. The van der Waals surface area contributed by atoms with Crippen LogP contribution in [0.4, 0.5) is 5.69 Å². The van der Waals surface area contributed by atoms with Gasteiger partial charge in [0.2, 0.25) is 5.91 Å². The highest BCUT2D eigenvalue weighted by atomic mass is 35.5. The number of carbonyl (C=O) groups is 1. The molecule has 3 nitrogen and oxygen atoms in total. The molecule has 1 N–H and O–H groups in total. The fraction of sp³-hybridized carbons (Fsp3) is 0.188. The van der Waals surface area contributed by atoms with E-state index in [1.165, 1.54) is 0 Å². The molecule has 0 saturated carbocycles. The van der Waals surface area contributed by atoms with E-state index < -0.39 is 0 Å². The molecule has 20 heavy (non-hydrogen) atoms. The molecule has 1 heterocycles. The Morgan fingerprint density at radius 1 is 1.20 bits per heavy atom. The standard InChI is InChI=1S/C16H14ClNO2/c1-10(9-17)16(19)18-11-6-7-15-13(8-11)12-4-2-3-5-14(12)20-15/h2-8,10H,9H2,1H3,(H,18,19). The van der Waals surface area contributed by atoms with Crippen molar-refractivity contribution in [3.63, 3.8) is 0 Å². The molecule has 1 unspecified atom stereocenters. The van der Waals surface area contributed by atoms with E-state index in [0.717, 1.165) is 27.6 Å². The quantitative estimate of drug-likeness (QED) is 0.726. The maximum absolute atomic E-state index is 11.9. The lowest BCUT2D eigenvalue weighted by molar-refractivity contribution is -0.118. The molecule has 0 fully saturated rings. The fourth-order valence-corrected chi connectivity index (χ4v) is 2.28. The second-order valence-electron chi connectivity index (χ2n) is 4.85. The van der Waals surface area contributed by atoms with Crippen molar-refractivity contribution in [1.82, 2.24) is 0 Å². The Labute approximate surface area is 121 Å². The third kappa shape index (κ3) is 2.25. The fourth-order valence-electron chi connectivity index (χ4n) is 2.14. The summed E-state index contributed by atoms with van der Waals surface area (Å²) < 4.78 is 5.75. The van der Waals surface area contributed by atoms with Crippen LogP contribution in [0.2, 0.25) is 0 Å². The van der Waals surface area contributed by atoms with Gasteiger partial charge >= 0.3 is 0 Å². The monoisotopic (exact) mass is 287 g/mol. The smallest absolute Gasteiger partial charge is 0.228 e. The van der Waals surface area contributed by atoms with Crippen LogP contribution in [0, 0.1) is 5.92 Å². The summed E-state index contributed by atoms with van der Waals surface area (Å²) in [7, 11) is 0. The number of anilines is 1. The van der Waals surface area contributed by atoms with Crippen molar-refractivity contribution in [2.45, 2.75) is 6.92 Å². The van der Waals surface area contributed by atoms with Crippen LogP contribution in [0.3, 0.4) is 0 Å². The third-order valence-electron chi connectivity index (χ3n) is 3.32. The Bertz CT molecular complexity index is 778. The molecule has 3 rings (SSSR count). The van der Waals surface area contributed by atoms with E-state index in [-0.39, 0.29) is 11.8 Å². The van der Waals surface area contributed by atoms with Crippen molar-refractivity contribution in [3.05, 3.63) is 42.5 Å². The Morgan fingerprint density at radius 2 is 1.95 bits per heavy atom. The number of nitrogens with one attached hydrogen (secondary N) is 1. The predicted molar refractivity (Wildman–Crippen MR) is 82.2 cm³/mol. The average molecular weight is 288 g/mol. The minimum Gasteiger partial charge on any atom is -0.456 e. The zero-order valence-corrected chi connectivity index (χ0v) is 11.8. The van der Waals surface area contributed by atoms with Crippen LogP contribution in [0.15, 0.2) is 46.9 Å². The van der Waals surface area contributed by atoms with Crippen molar-refractivity contribution in [2.75, 3.05) is 11.2 Å². The number of hydrogen-bond acceptors (Lipinski definition) is 2. The highest BCUT2D eigenvalue weighted by Crippen LogP contribution is 2.30. The lowest BCUT2D eigenvalue weighted by atomic mass is 10.1. The van der Waals surface area contributed by atoms with Gasteiger partial charge in [-0.3, -0.25) is 4.79 Å². The Kier molecular flexibility index (Phi) is 3.36. The number of hydrogen-bond donors (Lipinski definition) is 1. The van der Waals surface area contributed by atoms with E-state index in [9.17, 15) is 4.79 Å². The summed E-state index contributed by atoms with van der Waals surface area (Å²) in [6.45, 7) is 1.80. The SMILES string of the molecule is CC(CCl)C(=O)Nc1ccc2oc3ccccc3c2c1. The van der Waals surface area contributed by atoms with Gasteiger partial charge in [-0.05, 0) is 24.3 Å². The minimum absolute atomic E-state index is 0.0767. The summed E-state index contributed by atoms with van der Waals surface area (Å²) in [6, 6.07) is 13.5. The average Bonchev–Trinajstić information content (AvgIpc) is 2.84. The molecule has 0 saturated heterocycles. The lowest BCUT2D eigenvalue weighted by Gasteiger charge is -2.09. The van der Waals surface area contributed by atoms with Crippen LogP contribution in [-0.4, -0.2) is 11.8 Å². The van der Waals surface area contributed by atoms with E-state index in [2.05, 4.69) is 5.32 Å². The molecule has 1 atom stereocenters. The zero-order chi connectivity index (χ0) is 14.1. The van der Waals surface area contributed by atoms with E-state index in [1.54, 1.807) is 6.92 Å². The van der Waals surface area contributed by atoms with Crippen LogP contribution in [0.25, 0.3) is 21.9 Å². The van der Waals surface area contributed by atoms with Crippen molar-refractivity contribution in [3.8, 4) is 0 Å². The molecule has 1 amide bonds. The molecular weight excluding hydrogens is 274 g/mol. The van der Waals surface area contributed by atoms with Crippen molar-refractivity contribution >= 4 is 45.1 Å². The molecule has 1 aromatic heterocycles. The lowest BCUT2D eigenvalue weighted by Crippen LogP contribution is -2.21. The van der Waals surface area contributed by atoms with E-state index in [4.69, 9.17) is 16.0 Å². The summed E-state index contributed by atoms with van der Waals surface area (Å²) in [6.07, 6.45) is 0. The second-order valence-corrected chi connectivity index (χ2v) is 5.16. The maximum atomic E-state index is 11.9. The van der Waals surface area contributed by atoms with Crippen LogP contribution < -0.4 is 5.32 Å². The molecule has 0 spiro atoms. The number of benzene rings is 2. The van der Waals surface area contributed by atoms with Crippen LogP contribution in [0.5, 0.6) is 0 Å². The number of amides is 1. The van der Waals surface area contributed by atoms with Crippen LogP contribution in [0.1, 0.15) is 6.92 Å². The number of alkyl halides is 1. The molecule has 0 bridgehead atoms. The second kappa shape index (κ2) is 5.17. The van der Waals surface area contributed by atoms with Gasteiger partial charge in [0.15, 0.2) is 0 Å². The minimum atomic E-state index is -0.214. The molecule has 4 heteroatoms. The topological polar surface area (TPSA) is 42.2 Å². The van der Waals surface area contributed by atoms with Gasteiger partial charge in [-0.15, -0.1) is 11.6 Å². The first-order chi connectivity index (χ1) is 9.69. The number of rotatable bonds is 3. The van der Waals surface area contributed by atoms with Gasteiger partial charge in [0.1, 0.15) is 11.2 Å². The number of fused-ring (bicyclic) bond motifs is 3. The molecule has 0 aliphatic carbocycles. The normalized spacial score (nSPS) is 12.7. The van der Waals surface area contributed by atoms with Gasteiger partial charge in [0.25, 0.3) is 0 Å². The van der Waals surface area contributed by atoms with Crippen molar-refractivity contribution < 1.29 is 9.21 Å². The molecule has 0 aliphatic heterocycles. The number of halogens is 1. The van der Waals surface area contributed by atoms with Crippen molar-refractivity contribution in [2.24, 2.45) is 5.92 Å². The van der Waals surface area contributed by atoms with E-state index in [0.29, 0.717) is 5.88 Å². The van der Waals surface area contributed by atoms with Crippen LogP contribution in [-0.2, 0) is 4.79 Å². The zero-order valence-electron chi connectivity index (χ0n) is 11.0. The van der Waals surface area contributed by atoms with Gasteiger partial charge in [0, 0.05) is 28.3 Å². The molecular formula is C16H14ClNO2. The molecule has 3 aromatic rings. The Morgan fingerprint density at radius 3 is 2.75 bits per heavy atom.